The first-order chi connectivity index (χ1) is 18.4. The van der Waals surface area contributed by atoms with Crippen molar-refractivity contribution in [1.82, 2.24) is 14.7 Å². The van der Waals surface area contributed by atoms with Gasteiger partial charge in [-0.25, -0.2) is 9.37 Å². The molecular formula is C29H31ClFN3O3S. The van der Waals surface area contributed by atoms with Gasteiger partial charge in [-0.2, -0.15) is 0 Å². The Balaban J connectivity index is 0.000000505. The number of carbonyl (C=O) groups excluding carboxylic acids is 2. The van der Waals surface area contributed by atoms with E-state index in [2.05, 4.69) is 39.3 Å². The summed E-state index contributed by atoms with van der Waals surface area (Å²) >= 11 is 7.57. The quantitative estimate of drug-likeness (QED) is 0.251. The van der Waals surface area contributed by atoms with Crippen LogP contribution in [0.5, 0.6) is 0 Å². The first-order valence-corrected chi connectivity index (χ1v) is 14.0. The summed E-state index contributed by atoms with van der Waals surface area (Å²) in [5, 5.41) is 2.98. The van der Waals surface area contributed by atoms with Gasteiger partial charge >= 0.3 is 5.97 Å². The van der Waals surface area contributed by atoms with E-state index in [-0.39, 0.29) is 29.0 Å². The molecule has 1 aliphatic rings. The van der Waals surface area contributed by atoms with Gasteiger partial charge in [0.15, 0.2) is 4.96 Å². The molecule has 1 N–H and O–H groups in total. The highest BCUT2D eigenvalue weighted by Crippen LogP contribution is 2.35. The molecule has 0 radical (unpaired) electrons. The van der Waals surface area contributed by atoms with Gasteiger partial charge in [0.1, 0.15) is 11.5 Å². The summed E-state index contributed by atoms with van der Waals surface area (Å²) in [6.07, 6.45) is 10.3. The number of hydrogen-bond donors (Lipinski definition) is 1. The average molecular weight is 556 g/mol. The van der Waals surface area contributed by atoms with Crippen LogP contribution in [0.15, 0.2) is 54.9 Å². The number of halogens is 2. The van der Waals surface area contributed by atoms with Crippen molar-refractivity contribution in [2.75, 3.05) is 6.61 Å². The van der Waals surface area contributed by atoms with Crippen LogP contribution in [0.2, 0.25) is 5.02 Å². The molecule has 0 unspecified atom stereocenters. The fourth-order valence-electron chi connectivity index (χ4n) is 4.56. The number of thiazole rings is 1. The van der Waals surface area contributed by atoms with Gasteiger partial charge in [0.05, 0.1) is 11.5 Å². The number of benzene rings is 2. The molecule has 2 aromatic carbocycles. The monoisotopic (exact) mass is 555 g/mol. The average Bonchev–Trinajstić information content (AvgIpc) is 3.49. The van der Waals surface area contributed by atoms with E-state index >= 15 is 0 Å². The number of nitrogens with one attached hydrogen (secondary N) is 1. The molecule has 4 aromatic rings. The number of hydrogen-bond acceptors (Lipinski definition) is 5. The Bertz CT molecular complexity index is 1340. The van der Waals surface area contributed by atoms with Crippen molar-refractivity contribution >= 4 is 39.8 Å². The third-order valence-corrected chi connectivity index (χ3v) is 7.90. The topological polar surface area (TPSA) is 72.7 Å². The predicted molar refractivity (Wildman–Crippen MR) is 149 cm³/mol. The lowest BCUT2D eigenvalue weighted by molar-refractivity contribution is -0.140. The summed E-state index contributed by atoms with van der Waals surface area (Å²) in [4.78, 5) is 28.6. The van der Waals surface area contributed by atoms with Crippen LogP contribution < -0.4 is 5.32 Å². The predicted octanol–water partition coefficient (Wildman–Crippen LogP) is 7.40. The second-order valence-corrected chi connectivity index (χ2v) is 10.6. The van der Waals surface area contributed by atoms with Crippen molar-refractivity contribution in [2.24, 2.45) is 0 Å². The van der Waals surface area contributed by atoms with Crippen molar-refractivity contribution in [3.63, 3.8) is 0 Å². The van der Waals surface area contributed by atoms with Crippen LogP contribution in [0.3, 0.4) is 0 Å². The largest absolute Gasteiger partial charge is 0.466 e. The molecule has 9 heteroatoms. The van der Waals surface area contributed by atoms with Crippen LogP contribution in [-0.2, 0) is 16.1 Å². The molecule has 0 spiro atoms. The maximum absolute atomic E-state index is 13.9. The number of amides is 1. The number of imidazole rings is 1. The molecular weight excluding hydrogens is 525 g/mol. The molecule has 1 amide bonds. The van der Waals surface area contributed by atoms with Gasteiger partial charge in [-0.05, 0) is 48.9 Å². The maximum Gasteiger partial charge on any atom is 0.302 e. The molecule has 6 nitrogen and oxygen atoms in total. The summed E-state index contributed by atoms with van der Waals surface area (Å²) in [6.45, 7) is 3.66. The van der Waals surface area contributed by atoms with Gasteiger partial charge in [-0.15, -0.1) is 0 Å². The van der Waals surface area contributed by atoms with Gasteiger partial charge in [0.2, 0.25) is 0 Å². The van der Waals surface area contributed by atoms with E-state index in [0.717, 1.165) is 15.4 Å². The summed E-state index contributed by atoms with van der Waals surface area (Å²) in [6, 6.07) is 13.3. The highest BCUT2D eigenvalue weighted by Gasteiger charge is 2.17. The minimum absolute atomic E-state index is 0.00804. The first kappa shape index (κ1) is 27.8. The zero-order valence-electron chi connectivity index (χ0n) is 21.5. The minimum Gasteiger partial charge on any atom is -0.466 e. The molecule has 0 saturated heterocycles. The van der Waals surface area contributed by atoms with Crippen LogP contribution in [-0.4, -0.2) is 27.9 Å². The van der Waals surface area contributed by atoms with Crippen LogP contribution >= 0.6 is 22.9 Å². The van der Waals surface area contributed by atoms with Crippen molar-refractivity contribution in [3.8, 4) is 10.4 Å². The maximum atomic E-state index is 13.9. The normalized spacial score (nSPS) is 13.6. The highest BCUT2D eigenvalue weighted by atomic mass is 35.5. The molecule has 0 aliphatic heterocycles. The second kappa shape index (κ2) is 13.0. The number of carbonyl (C=O) groups is 2. The molecule has 200 valence electrons. The molecule has 2 heterocycles. The van der Waals surface area contributed by atoms with Gasteiger partial charge in [-0.3, -0.25) is 14.0 Å². The van der Waals surface area contributed by atoms with E-state index in [4.69, 9.17) is 11.6 Å². The molecule has 1 fully saturated rings. The number of nitrogens with zero attached hydrogens (tertiary/aromatic N) is 2. The third kappa shape index (κ3) is 6.99. The summed E-state index contributed by atoms with van der Waals surface area (Å²) in [7, 11) is 0. The van der Waals surface area contributed by atoms with E-state index in [0.29, 0.717) is 18.2 Å². The highest BCUT2D eigenvalue weighted by molar-refractivity contribution is 7.20. The molecule has 1 saturated carbocycles. The third-order valence-electron chi connectivity index (χ3n) is 6.50. The standard InChI is InChI=1S/C25H23ClFN3OS.C4H8O2/c26-20-7-4-8-21(27)19(20)13-28-24(31)22-14-30-15-23(32-25(30)29-22)18-11-9-17(10-12-18)16-5-2-1-3-6-16;1-3-6-4(2)5/h4,7-12,14-16H,1-3,5-6,13H2,(H,28,31);3H2,1-2H3. The Hall–Kier alpha value is -3.23. The zero-order valence-corrected chi connectivity index (χ0v) is 23.1. The molecule has 5 rings (SSSR count). The summed E-state index contributed by atoms with van der Waals surface area (Å²) in [5.41, 5.74) is 3.15. The van der Waals surface area contributed by atoms with E-state index in [1.165, 1.54) is 56.7 Å². The van der Waals surface area contributed by atoms with Crippen molar-refractivity contribution in [3.05, 3.63) is 82.5 Å². The molecule has 0 bridgehead atoms. The van der Waals surface area contributed by atoms with E-state index in [1.807, 2.05) is 10.6 Å². The molecule has 1 aliphatic carbocycles. The number of aromatic nitrogens is 2. The van der Waals surface area contributed by atoms with Gasteiger partial charge in [0.25, 0.3) is 5.91 Å². The Morgan fingerprint density at radius 3 is 2.47 bits per heavy atom. The van der Waals surface area contributed by atoms with Crippen LogP contribution in [0, 0.1) is 5.82 Å². The van der Waals surface area contributed by atoms with Gasteiger partial charge in [-0.1, -0.05) is 72.5 Å². The van der Waals surface area contributed by atoms with Crippen LogP contribution in [0.25, 0.3) is 15.4 Å². The lowest BCUT2D eigenvalue weighted by Crippen LogP contribution is -2.23. The first-order valence-electron chi connectivity index (χ1n) is 12.8. The van der Waals surface area contributed by atoms with Crippen molar-refractivity contribution in [1.29, 1.82) is 0 Å². The van der Waals surface area contributed by atoms with Crippen molar-refractivity contribution < 1.29 is 18.7 Å². The van der Waals surface area contributed by atoms with Gasteiger partial charge < -0.3 is 10.1 Å². The smallest absolute Gasteiger partial charge is 0.302 e. The van der Waals surface area contributed by atoms with Crippen LogP contribution in [0.4, 0.5) is 4.39 Å². The number of rotatable bonds is 6. The zero-order chi connectivity index (χ0) is 27.1. The Labute approximate surface area is 230 Å². The lowest BCUT2D eigenvalue weighted by atomic mass is 9.84. The molecule has 38 heavy (non-hydrogen) atoms. The summed E-state index contributed by atoms with van der Waals surface area (Å²) in [5.74, 6) is -0.322. The van der Waals surface area contributed by atoms with E-state index in [1.54, 1.807) is 30.5 Å². The number of fused-ring (bicyclic) bond motifs is 1. The fraction of sp³-hybridized carbons (Fsp3) is 0.345. The molecule has 2 aromatic heterocycles. The number of ether oxygens (including phenoxy) is 1. The number of esters is 1. The van der Waals surface area contributed by atoms with Crippen molar-refractivity contribution in [2.45, 2.75) is 58.4 Å². The van der Waals surface area contributed by atoms with Gasteiger partial charge in [0, 0.05) is 36.4 Å². The SMILES string of the molecule is CCOC(C)=O.O=C(NCc1c(F)cccc1Cl)c1cn2cc(-c3ccc(C4CCCCC4)cc3)sc2n1. The summed E-state index contributed by atoms with van der Waals surface area (Å²) < 4.78 is 20.2. The Morgan fingerprint density at radius 1 is 1.13 bits per heavy atom. The van der Waals surface area contributed by atoms with E-state index in [9.17, 15) is 14.0 Å². The molecule has 0 atom stereocenters. The second-order valence-electron chi connectivity index (χ2n) is 9.18. The minimum atomic E-state index is -0.442. The van der Waals surface area contributed by atoms with E-state index < -0.39 is 5.82 Å². The van der Waals surface area contributed by atoms with Crippen LogP contribution in [0.1, 0.15) is 73.5 Å². The fourth-order valence-corrected chi connectivity index (χ4v) is 5.76. The lowest BCUT2D eigenvalue weighted by Gasteiger charge is -2.22. The Morgan fingerprint density at radius 2 is 1.87 bits per heavy atom. The Kier molecular flexibility index (Phi) is 9.53.